The minimum Gasteiger partial charge on any atom is -0.359 e. The molecule has 3 aliphatic heterocycles. The molecule has 0 saturated carbocycles. The second-order valence-electron chi connectivity index (χ2n) is 6.40. The van der Waals surface area contributed by atoms with Crippen LogP contribution >= 0.6 is 15.7 Å². The minimum absolute atomic E-state index is 0.329. The van der Waals surface area contributed by atoms with Crippen molar-refractivity contribution in [2.45, 2.75) is 36.8 Å². The summed E-state index contributed by atoms with van der Waals surface area (Å²) in [7, 11) is -9.51. The molecule has 5 atom stereocenters. The number of aliphatic imine (C=N–C) groups is 2. The molecule has 156 valence electrons. The van der Waals surface area contributed by atoms with Crippen LogP contribution in [0, 0.1) is 5.41 Å². The number of hydrogen-bond donors (Lipinski definition) is 7. The Morgan fingerprint density at radius 1 is 1.43 bits per heavy atom. The van der Waals surface area contributed by atoms with E-state index in [4.69, 9.17) is 24.8 Å². The Bertz CT molecular complexity index is 796. The molecule has 0 aromatic heterocycles. The van der Waals surface area contributed by atoms with Crippen molar-refractivity contribution in [3.05, 3.63) is 0 Å². The van der Waals surface area contributed by atoms with E-state index in [9.17, 15) is 28.6 Å². The van der Waals surface area contributed by atoms with Crippen molar-refractivity contribution in [3.8, 4) is 0 Å². The van der Waals surface area contributed by atoms with E-state index in [1.807, 2.05) is 0 Å². The van der Waals surface area contributed by atoms with Gasteiger partial charge in [-0.15, -0.1) is 0 Å². The van der Waals surface area contributed by atoms with E-state index in [0.717, 1.165) is 17.6 Å². The fourth-order valence-electron chi connectivity index (χ4n) is 3.13. The van der Waals surface area contributed by atoms with Crippen molar-refractivity contribution < 1.29 is 48.1 Å². The van der Waals surface area contributed by atoms with Crippen LogP contribution in [0.2, 0.25) is 0 Å². The van der Waals surface area contributed by atoms with Gasteiger partial charge < -0.3 is 24.5 Å². The molecule has 0 aliphatic carbocycles. The first-order valence-corrected chi connectivity index (χ1v) is 11.0. The van der Waals surface area contributed by atoms with Crippen molar-refractivity contribution >= 4 is 40.0 Å². The smallest absolute Gasteiger partial charge is 0.359 e. The van der Waals surface area contributed by atoms with Gasteiger partial charge in [-0.1, -0.05) is 0 Å². The fourth-order valence-corrected chi connectivity index (χ4v) is 4.46. The van der Waals surface area contributed by atoms with Crippen LogP contribution in [0.4, 0.5) is 4.39 Å². The molecule has 28 heavy (non-hydrogen) atoms. The Morgan fingerprint density at radius 3 is 2.64 bits per heavy atom. The lowest BCUT2D eigenvalue weighted by atomic mass is 10.1. The Kier molecular flexibility index (Phi) is 5.20. The maximum atomic E-state index is 14.5. The number of fused-ring (bicyclic) bond motifs is 1. The summed E-state index contributed by atoms with van der Waals surface area (Å²) in [5.74, 6) is -4.90. The highest BCUT2D eigenvalue weighted by molar-refractivity contribution is 7.59. The van der Waals surface area contributed by atoms with Gasteiger partial charge >= 0.3 is 15.7 Å². The van der Waals surface area contributed by atoms with Gasteiger partial charge in [-0.2, -0.15) is 14.7 Å². The standard InChI is InChI=1S/C11H16FN5O9P2/c12-11(19)1-6(26-8(11)5(18)2-27(20,21)22)16-3-14-7-9(13)15-4-17(10(7)16)28(23,24)25/h3-4,6-8,10,13,19-22H,1-2H2,(H-,23,24,25)/p+1/t6-,7?,8-,10?,11+/m1/s1. The number of hydrogen-bond acceptors (Lipinski definition) is 10. The van der Waals surface area contributed by atoms with E-state index in [0.29, 0.717) is 4.67 Å². The van der Waals surface area contributed by atoms with E-state index < -0.39 is 64.5 Å². The maximum Gasteiger partial charge on any atom is 0.432 e. The van der Waals surface area contributed by atoms with Crippen LogP contribution in [0.25, 0.3) is 0 Å². The van der Waals surface area contributed by atoms with E-state index in [1.54, 1.807) is 0 Å². The van der Waals surface area contributed by atoms with Crippen molar-refractivity contribution in [2.24, 2.45) is 9.98 Å². The van der Waals surface area contributed by atoms with Crippen molar-refractivity contribution in [1.29, 1.82) is 5.41 Å². The summed E-state index contributed by atoms with van der Waals surface area (Å²) < 4.78 is 31.9. The molecule has 0 radical (unpaired) electrons. The number of carbonyl (C=O) groups is 1. The normalized spacial score (nSPS) is 35.6. The number of amidine groups is 1. The lowest BCUT2D eigenvalue weighted by Crippen LogP contribution is -2.55. The first-order chi connectivity index (χ1) is 12.7. The molecule has 7 N–H and O–H groups in total. The van der Waals surface area contributed by atoms with Gasteiger partial charge in [0.25, 0.3) is 0 Å². The summed E-state index contributed by atoms with van der Waals surface area (Å²) in [5, 5.41) is 17.6. The predicted molar refractivity (Wildman–Crippen MR) is 90.8 cm³/mol. The summed E-state index contributed by atoms with van der Waals surface area (Å²) in [6, 6.07) is -1.14. The number of rotatable bonds is 5. The topological polar surface area (TPSA) is 220 Å². The average molecular weight is 444 g/mol. The van der Waals surface area contributed by atoms with Crippen molar-refractivity contribution in [1.82, 2.24) is 9.57 Å². The van der Waals surface area contributed by atoms with Crippen LogP contribution < -0.4 is 0 Å². The highest BCUT2D eigenvalue weighted by Gasteiger charge is 2.58. The van der Waals surface area contributed by atoms with E-state index in [1.165, 1.54) is 0 Å². The Balaban J connectivity index is 1.85. The number of aliphatic hydroxyl groups is 1. The van der Waals surface area contributed by atoms with Crippen molar-refractivity contribution in [2.75, 3.05) is 6.16 Å². The van der Waals surface area contributed by atoms with Gasteiger partial charge in [0.2, 0.25) is 17.8 Å². The third-order valence-electron chi connectivity index (χ3n) is 4.26. The largest absolute Gasteiger partial charge is 0.432 e. The third kappa shape index (κ3) is 3.99. The van der Waals surface area contributed by atoms with E-state index in [-0.39, 0.29) is 5.84 Å². The zero-order chi connectivity index (χ0) is 21.1. The van der Waals surface area contributed by atoms with Gasteiger partial charge in [-0.3, -0.25) is 15.2 Å². The molecule has 3 aliphatic rings. The predicted octanol–water partition coefficient (Wildman–Crippen LogP) is -2.48. The number of nitrogens with one attached hydrogen (secondary N) is 1. The quantitative estimate of drug-likeness (QED) is 0.220. The summed E-state index contributed by atoms with van der Waals surface area (Å²) in [6.45, 7) is 0. The van der Waals surface area contributed by atoms with Gasteiger partial charge in [0.05, 0.1) is 12.8 Å². The van der Waals surface area contributed by atoms with E-state index >= 15 is 0 Å². The second-order valence-corrected chi connectivity index (χ2v) is 9.59. The molecule has 3 rings (SSSR count). The van der Waals surface area contributed by atoms with Crippen LogP contribution in [0.15, 0.2) is 9.98 Å². The van der Waals surface area contributed by atoms with Gasteiger partial charge in [0, 0.05) is 0 Å². The first-order valence-electron chi connectivity index (χ1n) is 7.64. The zero-order valence-electron chi connectivity index (χ0n) is 13.8. The molecular formula is C11H17FN5O9P2+. The molecule has 0 amide bonds. The molecular weight excluding hydrogens is 427 g/mol. The molecule has 1 saturated heterocycles. The van der Waals surface area contributed by atoms with Crippen LogP contribution in [-0.4, -0.2) is 100.0 Å². The Labute approximate surface area is 156 Å². The molecule has 2 unspecified atom stereocenters. The van der Waals surface area contributed by atoms with Gasteiger partial charge in [0.1, 0.15) is 18.7 Å². The monoisotopic (exact) mass is 444 g/mol. The maximum absolute atomic E-state index is 14.5. The number of carbonyl (C=O) groups excluding carboxylic acids is 1. The van der Waals surface area contributed by atoms with Gasteiger partial charge in [-0.25, -0.2) is 18.6 Å². The summed E-state index contributed by atoms with van der Waals surface area (Å²) in [6.07, 6.45) is -5.31. The SMILES string of the molecule is N=C1N=CN(P(=O)(O)O)C2C1N=CN2[C@H]1C[C@@](O)(F)[C@@H](C(=O)C[P+](O)(O)O)O1. The number of nitrogens with zero attached hydrogens (tertiary/aromatic N) is 4. The van der Waals surface area contributed by atoms with Gasteiger partial charge in [-0.05, 0) is 0 Å². The summed E-state index contributed by atoms with van der Waals surface area (Å²) in [4.78, 5) is 66.4. The van der Waals surface area contributed by atoms with Crippen LogP contribution in [0.5, 0.6) is 0 Å². The number of halogens is 1. The Morgan fingerprint density at radius 2 is 2.07 bits per heavy atom. The third-order valence-corrected chi connectivity index (χ3v) is 5.94. The van der Waals surface area contributed by atoms with Crippen LogP contribution in [0.1, 0.15) is 6.42 Å². The Hall–Kier alpha value is -1.41. The number of ether oxygens (including phenoxy) is 1. The summed E-state index contributed by atoms with van der Waals surface area (Å²) in [5.41, 5.74) is 0. The number of alkyl halides is 1. The van der Waals surface area contributed by atoms with Gasteiger partial charge in [0.15, 0.2) is 18.0 Å². The fraction of sp³-hybridized carbons (Fsp3) is 0.636. The first kappa shape index (κ1) is 21.3. The molecule has 0 aromatic carbocycles. The molecule has 0 bridgehead atoms. The highest BCUT2D eigenvalue weighted by Crippen LogP contribution is 2.48. The molecule has 14 nitrogen and oxygen atoms in total. The van der Waals surface area contributed by atoms with Crippen molar-refractivity contribution in [3.63, 3.8) is 0 Å². The number of Topliss-reactive ketones (excluding diaryl/α,β-unsaturated/α-hetero) is 1. The summed E-state index contributed by atoms with van der Waals surface area (Å²) >= 11 is 0. The molecule has 17 heteroatoms. The average Bonchev–Trinajstić information content (AvgIpc) is 3.05. The number of ketones is 1. The second kappa shape index (κ2) is 6.83. The van der Waals surface area contributed by atoms with E-state index in [2.05, 4.69) is 9.98 Å². The lowest BCUT2D eigenvalue weighted by molar-refractivity contribution is -0.161. The lowest BCUT2D eigenvalue weighted by Gasteiger charge is -2.40. The van der Waals surface area contributed by atoms with Crippen LogP contribution in [-0.2, 0) is 14.1 Å². The molecule has 3 heterocycles. The van der Waals surface area contributed by atoms with Crippen LogP contribution in [0.3, 0.4) is 0 Å². The molecule has 0 aromatic rings. The molecule has 0 spiro atoms. The minimum atomic E-state index is -4.92. The highest BCUT2D eigenvalue weighted by atomic mass is 31.2. The molecule has 1 fully saturated rings. The zero-order valence-corrected chi connectivity index (χ0v) is 15.6.